The maximum Gasteiger partial charge on any atom is 0.252 e. The van der Waals surface area contributed by atoms with E-state index in [4.69, 9.17) is 0 Å². The first-order valence-electron chi connectivity index (χ1n) is 5.51. The van der Waals surface area contributed by atoms with Crippen LogP contribution in [0.3, 0.4) is 0 Å². The molecule has 1 aliphatic heterocycles. The fourth-order valence-electron chi connectivity index (χ4n) is 1.89. The molecule has 2 N–H and O–H groups in total. The van der Waals surface area contributed by atoms with Gasteiger partial charge in [0.15, 0.2) is 0 Å². The number of rotatable bonds is 4. The Morgan fingerprint density at radius 1 is 1.65 bits per heavy atom. The Morgan fingerprint density at radius 3 is 3.06 bits per heavy atom. The Balaban J connectivity index is 0.00000144. The summed E-state index contributed by atoms with van der Waals surface area (Å²) in [4.78, 5) is 11.7. The van der Waals surface area contributed by atoms with Gasteiger partial charge < -0.3 is 10.6 Å². The average Bonchev–Trinajstić information content (AvgIpc) is 2.89. The zero-order valence-corrected chi connectivity index (χ0v) is 13.2. The summed E-state index contributed by atoms with van der Waals surface area (Å²) in [5, 5.41) is 8.29. The molecule has 1 aromatic heterocycles. The monoisotopic (exact) mass is 386 g/mol. The van der Waals surface area contributed by atoms with Crippen LogP contribution in [-0.2, 0) is 0 Å². The van der Waals surface area contributed by atoms with Crippen LogP contribution in [0.25, 0.3) is 0 Å². The number of amides is 1. The minimum absolute atomic E-state index is 0. The van der Waals surface area contributed by atoms with Crippen molar-refractivity contribution in [3.8, 4) is 0 Å². The predicted molar refractivity (Wildman–Crippen MR) is 82.3 cm³/mol. The molecule has 0 saturated carbocycles. The zero-order chi connectivity index (χ0) is 11.4. The van der Waals surface area contributed by atoms with Crippen molar-refractivity contribution in [3.63, 3.8) is 0 Å². The van der Waals surface area contributed by atoms with Gasteiger partial charge in [0.25, 0.3) is 5.91 Å². The number of carbonyl (C=O) groups excluding carboxylic acids is 1. The molecule has 1 aromatic rings. The third-order valence-corrected chi connectivity index (χ3v) is 4.56. The summed E-state index contributed by atoms with van der Waals surface area (Å²) >= 11 is 3.84. The second kappa shape index (κ2) is 7.56. The molecular weight excluding hydrogens is 371 g/mol. The van der Waals surface area contributed by atoms with Crippen LogP contribution in [0.2, 0.25) is 0 Å². The van der Waals surface area contributed by atoms with Crippen molar-refractivity contribution >= 4 is 52.2 Å². The highest BCUT2D eigenvalue weighted by Crippen LogP contribution is 2.16. The normalized spacial score (nSPS) is 18.8. The lowest BCUT2D eigenvalue weighted by molar-refractivity contribution is 0.0953. The molecule has 1 fully saturated rings. The van der Waals surface area contributed by atoms with E-state index in [0.717, 1.165) is 28.0 Å². The molecule has 2 rings (SSSR count). The van der Waals surface area contributed by atoms with Crippen LogP contribution in [0.4, 0.5) is 0 Å². The van der Waals surface area contributed by atoms with E-state index in [1.807, 2.05) is 11.4 Å². The molecular formula is C11H16ClIN2OS. The van der Waals surface area contributed by atoms with Gasteiger partial charge in [-0.15, -0.1) is 23.7 Å². The molecule has 17 heavy (non-hydrogen) atoms. The van der Waals surface area contributed by atoms with Crippen LogP contribution in [0, 0.1) is 2.88 Å². The first kappa shape index (κ1) is 15.2. The molecule has 0 unspecified atom stereocenters. The average molecular weight is 387 g/mol. The minimum atomic E-state index is 0. The fraction of sp³-hybridized carbons (Fsp3) is 0.545. The van der Waals surface area contributed by atoms with Crippen LogP contribution in [0.5, 0.6) is 0 Å². The highest BCUT2D eigenvalue weighted by molar-refractivity contribution is 14.1. The van der Waals surface area contributed by atoms with Gasteiger partial charge in [-0.1, -0.05) is 0 Å². The highest BCUT2D eigenvalue weighted by atomic mass is 127. The third-order valence-electron chi connectivity index (χ3n) is 2.77. The Hall–Kier alpha value is 0.150. The summed E-state index contributed by atoms with van der Waals surface area (Å²) in [6.45, 7) is 1.89. The van der Waals surface area contributed by atoms with Gasteiger partial charge in [0, 0.05) is 18.0 Å². The van der Waals surface area contributed by atoms with Gasteiger partial charge in [-0.05, 0) is 54.5 Å². The van der Waals surface area contributed by atoms with Crippen molar-refractivity contribution in [2.45, 2.75) is 25.3 Å². The van der Waals surface area contributed by atoms with E-state index in [1.165, 1.54) is 12.8 Å². The van der Waals surface area contributed by atoms with E-state index in [0.29, 0.717) is 6.04 Å². The lowest BCUT2D eigenvalue weighted by Crippen LogP contribution is -2.30. The van der Waals surface area contributed by atoms with E-state index in [9.17, 15) is 4.79 Å². The number of thiophene rings is 1. The SMILES string of the molecule is Cl.O=C(NCC[C@H]1CCCN1)c1csc(I)c1. The van der Waals surface area contributed by atoms with Crippen LogP contribution in [-0.4, -0.2) is 25.0 Å². The Labute approximate surface area is 125 Å². The summed E-state index contributed by atoms with van der Waals surface area (Å²) in [7, 11) is 0. The van der Waals surface area contributed by atoms with E-state index in [1.54, 1.807) is 11.3 Å². The largest absolute Gasteiger partial charge is 0.352 e. The van der Waals surface area contributed by atoms with E-state index in [-0.39, 0.29) is 18.3 Å². The van der Waals surface area contributed by atoms with Crippen LogP contribution in [0.1, 0.15) is 29.6 Å². The summed E-state index contributed by atoms with van der Waals surface area (Å²) in [5.74, 6) is 0.0529. The third kappa shape index (κ3) is 4.73. The molecule has 1 saturated heterocycles. The predicted octanol–water partition coefficient (Wildman–Crippen LogP) is 2.65. The van der Waals surface area contributed by atoms with Gasteiger partial charge in [-0.3, -0.25) is 4.79 Å². The van der Waals surface area contributed by atoms with Crippen LogP contribution < -0.4 is 10.6 Å². The Morgan fingerprint density at radius 2 is 2.47 bits per heavy atom. The molecule has 1 atom stereocenters. The lowest BCUT2D eigenvalue weighted by Gasteiger charge is -2.10. The van der Waals surface area contributed by atoms with Gasteiger partial charge in [-0.25, -0.2) is 0 Å². The maximum atomic E-state index is 11.7. The second-order valence-corrected chi connectivity index (χ2v) is 6.78. The van der Waals surface area contributed by atoms with Crippen molar-refractivity contribution in [1.29, 1.82) is 0 Å². The minimum Gasteiger partial charge on any atom is -0.352 e. The summed E-state index contributed by atoms with van der Waals surface area (Å²) < 4.78 is 1.15. The second-order valence-electron chi connectivity index (χ2n) is 3.98. The Kier molecular flexibility index (Phi) is 6.76. The molecule has 6 heteroatoms. The topological polar surface area (TPSA) is 41.1 Å². The molecule has 96 valence electrons. The zero-order valence-electron chi connectivity index (χ0n) is 9.37. The molecule has 1 amide bonds. The number of hydrogen-bond acceptors (Lipinski definition) is 3. The van der Waals surface area contributed by atoms with Gasteiger partial charge in [0.1, 0.15) is 0 Å². The first-order valence-corrected chi connectivity index (χ1v) is 7.47. The molecule has 0 bridgehead atoms. The molecule has 1 aliphatic rings. The molecule has 0 spiro atoms. The molecule has 0 aliphatic carbocycles. The van der Waals surface area contributed by atoms with Crippen molar-refractivity contribution in [1.82, 2.24) is 10.6 Å². The van der Waals surface area contributed by atoms with Crippen molar-refractivity contribution in [2.24, 2.45) is 0 Å². The molecule has 3 nitrogen and oxygen atoms in total. The standard InChI is InChI=1S/C11H15IN2OS.ClH/c12-10-6-8(7-16-10)11(15)14-5-3-9-2-1-4-13-9;/h6-7,9,13H,1-5H2,(H,14,15);1H/t9-;/m1./s1. The maximum absolute atomic E-state index is 11.7. The van der Waals surface area contributed by atoms with Crippen LogP contribution >= 0.6 is 46.3 Å². The van der Waals surface area contributed by atoms with Gasteiger partial charge >= 0.3 is 0 Å². The quantitative estimate of drug-likeness (QED) is 0.781. The molecule has 2 heterocycles. The van der Waals surface area contributed by atoms with Gasteiger partial charge in [-0.2, -0.15) is 0 Å². The number of hydrogen-bond donors (Lipinski definition) is 2. The smallest absolute Gasteiger partial charge is 0.252 e. The molecule has 0 aromatic carbocycles. The lowest BCUT2D eigenvalue weighted by atomic mass is 10.1. The van der Waals surface area contributed by atoms with Crippen LogP contribution in [0.15, 0.2) is 11.4 Å². The van der Waals surface area contributed by atoms with Gasteiger partial charge in [0.2, 0.25) is 0 Å². The molecule has 0 radical (unpaired) electrons. The Bertz CT molecular complexity index is 366. The number of nitrogens with one attached hydrogen (secondary N) is 2. The fourth-order valence-corrected chi connectivity index (χ4v) is 3.22. The number of carbonyl (C=O) groups is 1. The number of halogens is 2. The van der Waals surface area contributed by atoms with E-state index >= 15 is 0 Å². The van der Waals surface area contributed by atoms with Crippen molar-refractivity contribution < 1.29 is 4.79 Å². The van der Waals surface area contributed by atoms with E-state index < -0.39 is 0 Å². The van der Waals surface area contributed by atoms with Crippen molar-refractivity contribution in [3.05, 3.63) is 19.9 Å². The van der Waals surface area contributed by atoms with Crippen molar-refractivity contribution in [2.75, 3.05) is 13.1 Å². The first-order chi connectivity index (χ1) is 7.75. The van der Waals surface area contributed by atoms with Gasteiger partial charge in [0.05, 0.1) is 8.45 Å². The summed E-state index contributed by atoms with van der Waals surface area (Å²) in [5.41, 5.74) is 0.786. The summed E-state index contributed by atoms with van der Waals surface area (Å²) in [6.07, 6.45) is 3.54. The van der Waals surface area contributed by atoms with E-state index in [2.05, 4.69) is 33.2 Å². The highest BCUT2D eigenvalue weighted by Gasteiger charge is 2.14. The summed E-state index contributed by atoms with van der Waals surface area (Å²) in [6, 6.07) is 2.52.